The van der Waals surface area contributed by atoms with Gasteiger partial charge in [-0.25, -0.2) is 0 Å². The van der Waals surface area contributed by atoms with Gasteiger partial charge >= 0.3 is 0 Å². The smallest absolute Gasteiger partial charge is 0.255 e. The van der Waals surface area contributed by atoms with Crippen LogP contribution in [0.4, 0.5) is 5.69 Å². The quantitative estimate of drug-likeness (QED) is 0.520. The average Bonchev–Trinajstić information content (AvgIpc) is 3.27. The maximum atomic E-state index is 12.5. The molecular formula is C23H24N2O4. The van der Waals surface area contributed by atoms with Crippen LogP contribution in [0.3, 0.4) is 0 Å². The van der Waals surface area contributed by atoms with Crippen molar-refractivity contribution in [2.24, 2.45) is 0 Å². The molecule has 3 rings (SSSR count). The van der Waals surface area contributed by atoms with Gasteiger partial charge in [-0.3, -0.25) is 9.59 Å². The fraction of sp³-hybridized carbons (Fsp3) is 0.217. The number of nitrogens with one attached hydrogen (secondary N) is 2. The van der Waals surface area contributed by atoms with E-state index < -0.39 is 0 Å². The van der Waals surface area contributed by atoms with Gasteiger partial charge in [-0.05, 0) is 61.0 Å². The van der Waals surface area contributed by atoms with Crippen molar-refractivity contribution in [3.63, 3.8) is 0 Å². The largest absolute Gasteiger partial charge is 0.494 e. The Morgan fingerprint density at radius 1 is 0.966 bits per heavy atom. The van der Waals surface area contributed by atoms with Crippen LogP contribution in [0.5, 0.6) is 5.75 Å². The Labute approximate surface area is 169 Å². The first-order valence-electron chi connectivity index (χ1n) is 9.60. The summed E-state index contributed by atoms with van der Waals surface area (Å²) in [6.45, 7) is 3.05. The van der Waals surface area contributed by atoms with E-state index in [1.807, 2.05) is 6.07 Å². The predicted molar refractivity (Wildman–Crippen MR) is 111 cm³/mol. The SMILES string of the molecule is CCCCOc1cccc(C(=O)Nc2ccc(C(=O)NCc3ccco3)cc2)c1. The van der Waals surface area contributed by atoms with Crippen LogP contribution in [0.2, 0.25) is 0 Å². The Bertz CT molecular complexity index is 934. The zero-order valence-corrected chi connectivity index (χ0v) is 16.3. The first kappa shape index (κ1) is 20.2. The number of rotatable bonds is 9. The topological polar surface area (TPSA) is 80.6 Å². The van der Waals surface area contributed by atoms with Crippen LogP contribution in [0.15, 0.2) is 71.3 Å². The van der Waals surface area contributed by atoms with Crippen LogP contribution < -0.4 is 15.4 Å². The molecule has 3 aromatic rings. The fourth-order valence-electron chi connectivity index (χ4n) is 2.65. The van der Waals surface area contributed by atoms with E-state index in [9.17, 15) is 9.59 Å². The molecule has 0 aliphatic heterocycles. The van der Waals surface area contributed by atoms with Gasteiger partial charge in [-0.1, -0.05) is 19.4 Å². The Hall–Kier alpha value is -3.54. The van der Waals surface area contributed by atoms with E-state index in [1.54, 1.807) is 60.9 Å². The van der Waals surface area contributed by atoms with E-state index >= 15 is 0 Å². The lowest BCUT2D eigenvalue weighted by Gasteiger charge is -2.09. The molecule has 0 aliphatic carbocycles. The van der Waals surface area contributed by atoms with Gasteiger partial charge in [-0.2, -0.15) is 0 Å². The molecule has 0 atom stereocenters. The summed E-state index contributed by atoms with van der Waals surface area (Å²) in [5.74, 6) is 0.912. The van der Waals surface area contributed by atoms with Gasteiger partial charge in [0.2, 0.25) is 0 Å². The normalized spacial score (nSPS) is 10.4. The number of anilines is 1. The second-order valence-electron chi connectivity index (χ2n) is 6.52. The van der Waals surface area contributed by atoms with E-state index in [0.29, 0.717) is 41.5 Å². The number of hydrogen-bond donors (Lipinski definition) is 2. The van der Waals surface area contributed by atoms with Crippen LogP contribution in [-0.4, -0.2) is 18.4 Å². The van der Waals surface area contributed by atoms with Crippen molar-refractivity contribution in [2.45, 2.75) is 26.3 Å². The zero-order chi connectivity index (χ0) is 20.5. The number of ether oxygens (including phenoxy) is 1. The van der Waals surface area contributed by atoms with Crippen molar-refractivity contribution in [3.8, 4) is 5.75 Å². The highest BCUT2D eigenvalue weighted by molar-refractivity contribution is 6.04. The summed E-state index contributed by atoms with van der Waals surface area (Å²) in [6.07, 6.45) is 3.58. The maximum Gasteiger partial charge on any atom is 0.255 e. The van der Waals surface area contributed by atoms with E-state index in [0.717, 1.165) is 12.8 Å². The molecule has 29 heavy (non-hydrogen) atoms. The van der Waals surface area contributed by atoms with Crippen molar-refractivity contribution in [3.05, 3.63) is 83.8 Å². The average molecular weight is 392 g/mol. The predicted octanol–water partition coefficient (Wildman–Crippen LogP) is 4.64. The Balaban J connectivity index is 1.55. The van der Waals surface area contributed by atoms with Gasteiger partial charge in [0.15, 0.2) is 0 Å². The summed E-state index contributed by atoms with van der Waals surface area (Å²) >= 11 is 0. The maximum absolute atomic E-state index is 12.5. The van der Waals surface area contributed by atoms with E-state index in [2.05, 4.69) is 17.6 Å². The summed E-state index contributed by atoms with van der Waals surface area (Å²) < 4.78 is 10.8. The van der Waals surface area contributed by atoms with Crippen LogP contribution in [0.1, 0.15) is 46.2 Å². The molecule has 0 spiro atoms. The minimum absolute atomic E-state index is 0.212. The summed E-state index contributed by atoms with van der Waals surface area (Å²) in [5.41, 5.74) is 1.62. The second-order valence-corrected chi connectivity index (χ2v) is 6.52. The molecule has 1 heterocycles. The van der Waals surface area contributed by atoms with Crippen LogP contribution in [-0.2, 0) is 6.54 Å². The number of carbonyl (C=O) groups is 2. The second kappa shape index (κ2) is 10.1. The highest BCUT2D eigenvalue weighted by Gasteiger charge is 2.09. The zero-order valence-electron chi connectivity index (χ0n) is 16.3. The molecule has 0 fully saturated rings. The number of benzene rings is 2. The van der Waals surface area contributed by atoms with Gasteiger partial charge in [0, 0.05) is 16.8 Å². The van der Waals surface area contributed by atoms with Crippen molar-refractivity contribution in [2.75, 3.05) is 11.9 Å². The van der Waals surface area contributed by atoms with Crippen LogP contribution in [0.25, 0.3) is 0 Å². The van der Waals surface area contributed by atoms with E-state index in [4.69, 9.17) is 9.15 Å². The van der Waals surface area contributed by atoms with Gasteiger partial charge in [-0.15, -0.1) is 0 Å². The highest BCUT2D eigenvalue weighted by atomic mass is 16.5. The molecule has 6 heteroatoms. The van der Waals surface area contributed by atoms with Gasteiger partial charge < -0.3 is 19.8 Å². The number of unbranched alkanes of at least 4 members (excludes halogenated alkanes) is 1. The molecule has 6 nitrogen and oxygen atoms in total. The van der Waals surface area contributed by atoms with Gasteiger partial charge in [0.1, 0.15) is 11.5 Å². The number of amides is 2. The number of carbonyl (C=O) groups excluding carboxylic acids is 2. The van der Waals surface area contributed by atoms with Gasteiger partial charge in [0.05, 0.1) is 19.4 Å². The third-order valence-corrected chi connectivity index (χ3v) is 4.27. The molecule has 2 N–H and O–H groups in total. The molecule has 150 valence electrons. The van der Waals surface area contributed by atoms with Crippen molar-refractivity contribution >= 4 is 17.5 Å². The lowest BCUT2D eigenvalue weighted by molar-refractivity contribution is 0.0947. The molecule has 0 saturated heterocycles. The van der Waals surface area contributed by atoms with Crippen LogP contribution >= 0.6 is 0 Å². The number of furan rings is 1. The fourth-order valence-corrected chi connectivity index (χ4v) is 2.65. The van der Waals surface area contributed by atoms with Crippen LogP contribution in [0, 0.1) is 0 Å². The molecular weight excluding hydrogens is 368 g/mol. The molecule has 0 bridgehead atoms. The van der Waals surface area contributed by atoms with Gasteiger partial charge in [0.25, 0.3) is 11.8 Å². The molecule has 2 aromatic carbocycles. The Morgan fingerprint density at radius 3 is 2.52 bits per heavy atom. The minimum atomic E-state index is -0.235. The summed E-state index contributed by atoms with van der Waals surface area (Å²) in [4.78, 5) is 24.7. The summed E-state index contributed by atoms with van der Waals surface area (Å²) in [6, 6.07) is 17.4. The van der Waals surface area contributed by atoms with E-state index in [1.165, 1.54) is 0 Å². The van der Waals surface area contributed by atoms with E-state index in [-0.39, 0.29) is 11.8 Å². The summed E-state index contributed by atoms with van der Waals surface area (Å²) in [5, 5.41) is 5.61. The highest BCUT2D eigenvalue weighted by Crippen LogP contribution is 2.16. The third-order valence-electron chi connectivity index (χ3n) is 4.27. The first-order valence-corrected chi connectivity index (χ1v) is 9.60. The number of hydrogen-bond acceptors (Lipinski definition) is 4. The first-order chi connectivity index (χ1) is 14.2. The molecule has 1 aromatic heterocycles. The van der Waals surface area contributed by atoms with Crippen molar-refractivity contribution in [1.29, 1.82) is 0 Å². The Kier molecular flexibility index (Phi) is 7.05. The molecule has 2 amide bonds. The van der Waals surface area contributed by atoms with Crippen molar-refractivity contribution < 1.29 is 18.7 Å². The molecule has 0 saturated carbocycles. The third kappa shape index (κ3) is 5.97. The molecule has 0 aliphatic rings. The summed E-state index contributed by atoms with van der Waals surface area (Å²) in [7, 11) is 0. The monoisotopic (exact) mass is 392 g/mol. The lowest BCUT2D eigenvalue weighted by atomic mass is 10.1. The van der Waals surface area contributed by atoms with Crippen molar-refractivity contribution in [1.82, 2.24) is 5.32 Å². The Morgan fingerprint density at radius 2 is 1.79 bits per heavy atom. The standard InChI is InChI=1S/C23H24N2O4/c1-2-3-13-28-20-7-4-6-18(15-20)23(27)25-19-11-9-17(10-12-19)22(26)24-16-21-8-5-14-29-21/h4-12,14-15H,2-3,13,16H2,1H3,(H,24,26)(H,25,27). The molecule has 0 unspecified atom stereocenters. The lowest BCUT2D eigenvalue weighted by Crippen LogP contribution is -2.22. The minimum Gasteiger partial charge on any atom is -0.494 e. The molecule has 0 radical (unpaired) electrons.